The van der Waals surface area contributed by atoms with Crippen molar-refractivity contribution >= 4 is 23.2 Å². The van der Waals surface area contributed by atoms with Gasteiger partial charge in [-0.2, -0.15) is 0 Å². The molecular formula is C18H18ClNO3. The van der Waals surface area contributed by atoms with E-state index in [4.69, 9.17) is 21.1 Å². The van der Waals surface area contributed by atoms with E-state index in [1.165, 1.54) is 0 Å². The maximum absolute atomic E-state index is 12.7. The predicted molar refractivity (Wildman–Crippen MR) is 90.4 cm³/mol. The van der Waals surface area contributed by atoms with Gasteiger partial charge in [-0.25, -0.2) is 0 Å². The zero-order valence-electron chi connectivity index (χ0n) is 13.3. The molecule has 4 nitrogen and oxygen atoms in total. The van der Waals surface area contributed by atoms with E-state index in [9.17, 15) is 4.79 Å². The molecule has 1 N–H and O–H groups in total. The SMILES string of the molecule is Cc1ccc(NC(=O)C(C)(C)c2ccc3c(c2)OCO3)cc1Cl. The van der Waals surface area contributed by atoms with Gasteiger partial charge in [0.15, 0.2) is 11.5 Å². The van der Waals surface area contributed by atoms with Gasteiger partial charge in [0.1, 0.15) is 0 Å². The van der Waals surface area contributed by atoms with Crippen LogP contribution in [0.1, 0.15) is 25.0 Å². The number of halogens is 1. The Kier molecular flexibility index (Phi) is 3.94. The average Bonchev–Trinajstić information content (AvgIpc) is 2.98. The predicted octanol–water partition coefficient (Wildman–Crippen LogP) is 4.29. The zero-order chi connectivity index (χ0) is 16.6. The molecule has 0 atom stereocenters. The minimum Gasteiger partial charge on any atom is -0.454 e. The van der Waals surface area contributed by atoms with Crippen LogP contribution < -0.4 is 14.8 Å². The van der Waals surface area contributed by atoms with Gasteiger partial charge in [0.2, 0.25) is 12.7 Å². The van der Waals surface area contributed by atoms with Crippen molar-refractivity contribution in [1.29, 1.82) is 0 Å². The van der Waals surface area contributed by atoms with Gasteiger partial charge >= 0.3 is 0 Å². The van der Waals surface area contributed by atoms with E-state index >= 15 is 0 Å². The first-order valence-corrected chi connectivity index (χ1v) is 7.73. The number of hydrogen-bond acceptors (Lipinski definition) is 3. The second-order valence-electron chi connectivity index (χ2n) is 6.11. The smallest absolute Gasteiger partial charge is 0.234 e. The molecule has 0 aromatic heterocycles. The minimum absolute atomic E-state index is 0.115. The van der Waals surface area contributed by atoms with Crippen LogP contribution in [0.4, 0.5) is 5.69 Å². The van der Waals surface area contributed by atoms with Crippen LogP contribution in [0, 0.1) is 6.92 Å². The molecule has 0 aliphatic carbocycles. The second-order valence-corrected chi connectivity index (χ2v) is 6.52. The highest BCUT2D eigenvalue weighted by molar-refractivity contribution is 6.31. The molecule has 0 saturated heterocycles. The largest absolute Gasteiger partial charge is 0.454 e. The first-order valence-electron chi connectivity index (χ1n) is 7.35. The molecular weight excluding hydrogens is 314 g/mol. The summed E-state index contributed by atoms with van der Waals surface area (Å²) >= 11 is 6.11. The van der Waals surface area contributed by atoms with Crippen molar-refractivity contribution in [2.75, 3.05) is 12.1 Å². The Hall–Kier alpha value is -2.20. The zero-order valence-corrected chi connectivity index (χ0v) is 14.0. The number of hydrogen-bond donors (Lipinski definition) is 1. The summed E-state index contributed by atoms with van der Waals surface area (Å²) in [4.78, 5) is 12.7. The van der Waals surface area contributed by atoms with Crippen molar-refractivity contribution in [3.8, 4) is 11.5 Å². The first kappa shape index (κ1) is 15.7. The fourth-order valence-corrected chi connectivity index (χ4v) is 2.55. The Balaban J connectivity index is 1.83. The summed E-state index contributed by atoms with van der Waals surface area (Å²) in [7, 11) is 0. The van der Waals surface area contributed by atoms with Gasteiger partial charge in [-0.15, -0.1) is 0 Å². The van der Waals surface area contributed by atoms with Crippen LogP contribution in [-0.4, -0.2) is 12.7 Å². The normalized spacial score (nSPS) is 13.0. The van der Waals surface area contributed by atoms with Gasteiger partial charge < -0.3 is 14.8 Å². The maximum Gasteiger partial charge on any atom is 0.234 e. The number of amides is 1. The van der Waals surface area contributed by atoms with Crippen LogP contribution in [0.25, 0.3) is 0 Å². The molecule has 5 heteroatoms. The average molecular weight is 332 g/mol. The first-order chi connectivity index (χ1) is 10.9. The third kappa shape index (κ3) is 2.99. The lowest BCUT2D eigenvalue weighted by atomic mass is 9.83. The quantitative estimate of drug-likeness (QED) is 0.912. The second kappa shape index (κ2) is 5.78. The van der Waals surface area contributed by atoms with E-state index in [2.05, 4.69) is 5.32 Å². The number of carbonyl (C=O) groups is 1. The highest BCUT2D eigenvalue weighted by atomic mass is 35.5. The number of aryl methyl sites for hydroxylation is 1. The van der Waals surface area contributed by atoms with Crippen molar-refractivity contribution in [2.45, 2.75) is 26.2 Å². The Bertz CT molecular complexity index is 771. The summed E-state index contributed by atoms with van der Waals surface area (Å²) in [5.74, 6) is 1.26. The van der Waals surface area contributed by atoms with Crippen molar-refractivity contribution in [1.82, 2.24) is 0 Å². The molecule has 23 heavy (non-hydrogen) atoms. The Morgan fingerprint density at radius 3 is 2.61 bits per heavy atom. The Labute approximate surface area is 140 Å². The van der Waals surface area contributed by atoms with Crippen LogP contribution in [0.5, 0.6) is 11.5 Å². The van der Waals surface area contributed by atoms with Gasteiger partial charge in [0.25, 0.3) is 0 Å². The number of fused-ring (bicyclic) bond motifs is 1. The van der Waals surface area contributed by atoms with E-state index < -0.39 is 5.41 Å². The van der Waals surface area contributed by atoms with Crippen molar-refractivity contribution in [2.24, 2.45) is 0 Å². The molecule has 3 rings (SSSR count). The lowest BCUT2D eigenvalue weighted by Gasteiger charge is -2.24. The van der Waals surface area contributed by atoms with E-state index in [0.29, 0.717) is 22.2 Å². The summed E-state index contributed by atoms with van der Waals surface area (Å²) in [5.41, 5.74) is 1.79. The Morgan fingerprint density at radius 2 is 1.87 bits per heavy atom. The fourth-order valence-electron chi connectivity index (χ4n) is 2.37. The number of rotatable bonds is 3. The lowest BCUT2D eigenvalue weighted by molar-refractivity contribution is -0.120. The molecule has 1 heterocycles. The summed E-state index contributed by atoms with van der Waals surface area (Å²) in [6.45, 7) is 5.88. The highest BCUT2D eigenvalue weighted by Crippen LogP contribution is 2.37. The summed E-state index contributed by atoms with van der Waals surface area (Å²) < 4.78 is 10.7. The lowest BCUT2D eigenvalue weighted by Crippen LogP contribution is -2.34. The molecule has 2 aromatic carbocycles. The number of nitrogens with one attached hydrogen (secondary N) is 1. The molecule has 0 saturated carbocycles. The molecule has 0 unspecified atom stereocenters. The molecule has 120 valence electrons. The topological polar surface area (TPSA) is 47.6 Å². The van der Waals surface area contributed by atoms with Crippen LogP contribution in [0.2, 0.25) is 5.02 Å². The van der Waals surface area contributed by atoms with Gasteiger partial charge in [0, 0.05) is 10.7 Å². The summed E-state index contributed by atoms with van der Waals surface area (Å²) in [6.07, 6.45) is 0. The van der Waals surface area contributed by atoms with Crippen LogP contribution in [0.15, 0.2) is 36.4 Å². The number of carbonyl (C=O) groups excluding carboxylic acids is 1. The third-order valence-electron chi connectivity index (χ3n) is 4.09. The molecule has 2 aromatic rings. The van der Waals surface area contributed by atoms with E-state index in [1.54, 1.807) is 6.07 Å². The Morgan fingerprint density at radius 1 is 1.13 bits per heavy atom. The molecule has 1 aliphatic rings. The van der Waals surface area contributed by atoms with Crippen molar-refractivity contribution in [3.05, 3.63) is 52.5 Å². The van der Waals surface area contributed by atoms with E-state index in [-0.39, 0.29) is 12.7 Å². The van der Waals surface area contributed by atoms with Gasteiger partial charge in [-0.05, 0) is 56.2 Å². The van der Waals surface area contributed by atoms with Crippen LogP contribution >= 0.6 is 11.6 Å². The van der Waals surface area contributed by atoms with Crippen LogP contribution in [-0.2, 0) is 10.2 Å². The van der Waals surface area contributed by atoms with Crippen LogP contribution in [0.3, 0.4) is 0 Å². The molecule has 0 bridgehead atoms. The number of ether oxygens (including phenoxy) is 2. The standard InChI is InChI=1S/C18H18ClNO3/c1-11-4-6-13(9-14(11)19)20-17(21)18(2,3)12-5-7-15-16(8-12)23-10-22-15/h4-9H,10H2,1-3H3,(H,20,21). The third-order valence-corrected chi connectivity index (χ3v) is 4.50. The molecule has 0 spiro atoms. The number of anilines is 1. The van der Waals surface area contributed by atoms with Crippen molar-refractivity contribution in [3.63, 3.8) is 0 Å². The monoisotopic (exact) mass is 331 g/mol. The molecule has 0 radical (unpaired) electrons. The van der Waals surface area contributed by atoms with Gasteiger partial charge in [-0.1, -0.05) is 23.7 Å². The van der Waals surface area contributed by atoms with Gasteiger partial charge in [-0.3, -0.25) is 4.79 Å². The molecule has 1 aliphatic heterocycles. The number of benzene rings is 2. The van der Waals surface area contributed by atoms with E-state index in [1.807, 2.05) is 51.1 Å². The summed E-state index contributed by atoms with van der Waals surface area (Å²) in [5, 5.41) is 3.55. The fraction of sp³-hybridized carbons (Fsp3) is 0.278. The summed E-state index contributed by atoms with van der Waals surface area (Å²) in [6, 6.07) is 11.0. The van der Waals surface area contributed by atoms with E-state index in [0.717, 1.165) is 11.1 Å². The maximum atomic E-state index is 12.7. The minimum atomic E-state index is -0.724. The highest BCUT2D eigenvalue weighted by Gasteiger charge is 2.31. The van der Waals surface area contributed by atoms with Crippen molar-refractivity contribution < 1.29 is 14.3 Å². The molecule has 0 fully saturated rings. The van der Waals surface area contributed by atoms with Gasteiger partial charge in [0.05, 0.1) is 5.41 Å². The molecule has 1 amide bonds.